The second kappa shape index (κ2) is 6.28. The van der Waals surface area contributed by atoms with Gasteiger partial charge in [-0.3, -0.25) is 0 Å². The van der Waals surface area contributed by atoms with Crippen LogP contribution in [0.3, 0.4) is 0 Å². The predicted molar refractivity (Wildman–Crippen MR) is 81.0 cm³/mol. The van der Waals surface area contributed by atoms with Crippen LogP contribution in [0.4, 0.5) is 5.82 Å². The van der Waals surface area contributed by atoms with Crippen molar-refractivity contribution in [3.8, 4) is 0 Å². The fraction of sp³-hybridized carbons (Fsp3) is 0.750. The number of rotatable bonds is 4. The summed E-state index contributed by atoms with van der Waals surface area (Å²) in [5.41, 5.74) is 6.73. The molecule has 0 bridgehead atoms. The lowest BCUT2D eigenvalue weighted by Gasteiger charge is -2.35. The first-order chi connectivity index (χ1) is 10.2. The van der Waals surface area contributed by atoms with E-state index in [2.05, 4.69) is 4.98 Å². The summed E-state index contributed by atoms with van der Waals surface area (Å²) in [5, 5.41) is 0. The average Bonchev–Trinajstić information content (AvgIpc) is 3.02. The van der Waals surface area contributed by atoms with Crippen LogP contribution in [-0.4, -0.2) is 29.8 Å². The zero-order valence-electron chi connectivity index (χ0n) is 12.8. The van der Waals surface area contributed by atoms with Gasteiger partial charge in [0.05, 0.1) is 0 Å². The summed E-state index contributed by atoms with van der Waals surface area (Å²) in [6, 6.07) is 1.94. The predicted octanol–water partition coefficient (Wildman–Crippen LogP) is 2.76. The molecule has 2 heterocycles. The highest BCUT2D eigenvalue weighted by atomic mass is 16.5. The van der Waals surface area contributed by atoms with Crippen LogP contribution in [0.15, 0.2) is 6.07 Å². The van der Waals surface area contributed by atoms with E-state index >= 15 is 0 Å². The summed E-state index contributed by atoms with van der Waals surface area (Å²) in [6.45, 7) is 4.05. The molecule has 1 aliphatic heterocycles. The fourth-order valence-electron chi connectivity index (χ4n) is 3.53. The molecule has 0 unspecified atom stereocenters. The zero-order chi connectivity index (χ0) is 14.7. The Hall–Kier alpha value is -1.20. The van der Waals surface area contributed by atoms with Gasteiger partial charge in [-0.25, -0.2) is 9.97 Å². The van der Waals surface area contributed by atoms with Gasteiger partial charge >= 0.3 is 0 Å². The first-order valence-corrected chi connectivity index (χ1v) is 8.10. The van der Waals surface area contributed by atoms with Crippen LogP contribution < -0.4 is 5.73 Å². The van der Waals surface area contributed by atoms with E-state index in [1.807, 2.05) is 13.0 Å². The van der Waals surface area contributed by atoms with Crippen molar-refractivity contribution in [1.29, 1.82) is 0 Å². The summed E-state index contributed by atoms with van der Waals surface area (Å²) in [4.78, 5) is 9.36. The lowest BCUT2D eigenvalue weighted by Crippen LogP contribution is -2.38. The highest BCUT2D eigenvalue weighted by Crippen LogP contribution is 2.37. The maximum Gasteiger partial charge on any atom is 0.163 e. The van der Waals surface area contributed by atoms with Gasteiger partial charge in [0.15, 0.2) is 5.82 Å². The number of nitrogens with zero attached hydrogens (tertiary/aromatic N) is 2. The third kappa shape index (κ3) is 3.04. The van der Waals surface area contributed by atoms with E-state index in [0.717, 1.165) is 24.4 Å². The van der Waals surface area contributed by atoms with E-state index in [1.165, 1.54) is 25.7 Å². The molecular weight excluding hydrogens is 266 g/mol. The van der Waals surface area contributed by atoms with E-state index in [9.17, 15) is 0 Å². The number of hydrogen-bond donors (Lipinski definition) is 1. The minimum absolute atomic E-state index is 0.421. The van der Waals surface area contributed by atoms with Crippen LogP contribution in [0.5, 0.6) is 0 Å². The van der Waals surface area contributed by atoms with Gasteiger partial charge in [-0.2, -0.15) is 0 Å². The van der Waals surface area contributed by atoms with Gasteiger partial charge in [-0.15, -0.1) is 0 Å². The van der Waals surface area contributed by atoms with Gasteiger partial charge in [0, 0.05) is 50.3 Å². The molecule has 0 aromatic carbocycles. The second-order valence-electron chi connectivity index (χ2n) is 6.06. The van der Waals surface area contributed by atoms with Gasteiger partial charge in [0.2, 0.25) is 0 Å². The summed E-state index contributed by atoms with van der Waals surface area (Å²) in [5.74, 6) is 1.86. The highest BCUT2D eigenvalue weighted by Gasteiger charge is 2.39. The lowest BCUT2D eigenvalue weighted by atomic mass is 9.92. The summed E-state index contributed by atoms with van der Waals surface area (Å²) >= 11 is 0. The van der Waals surface area contributed by atoms with E-state index in [0.29, 0.717) is 31.6 Å². The Morgan fingerprint density at radius 2 is 2.00 bits per heavy atom. The normalized spacial score (nSPS) is 22.5. The van der Waals surface area contributed by atoms with E-state index < -0.39 is 5.60 Å². The van der Waals surface area contributed by atoms with Gasteiger partial charge in [-0.1, -0.05) is 12.8 Å². The quantitative estimate of drug-likeness (QED) is 0.923. The molecule has 116 valence electrons. The third-order valence-corrected chi connectivity index (χ3v) is 4.67. The first kappa shape index (κ1) is 14.7. The highest BCUT2D eigenvalue weighted by molar-refractivity contribution is 5.33. The molecule has 1 aromatic heterocycles. The SMILES string of the molecule is CCOC1(c2nc(N)cc(C3CCCC3)n2)CCOCC1. The Balaban J connectivity index is 1.94. The monoisotopic (exact) mass is 291 g/mol. The topological polar surface area (TPSA) is 70.3 Å². The van der Waals surface area contributed by atoms with Crippen LogP contribution in [-0.2, 0) is 15.1 Å². The minimum atomic E-state index is -0.421. The maximum atomic E-state index is 6.07. The number of anilines is 1. The molecule has 5 nitrogen and oxygen atoms in total. The number of nitrogens with two attached hydrogens (primary N) is 1. The maximum absolute atomic E-state index is 6.07. The van der Waals surface area contributed by atoms with Crippen LogP contribution >= 0.6 is 0 Å². The molecule has 0 spiro atoms. The van der Waals surface area contributed by atoms with Crippen LogP contribution in [0, 0.1) is 0 Å². The van der Waals surface area contributed by atoms with Crippen molar-refractivity contribution >= 4 is 5.82 Å². The standard InChI is InChI=1S/C16H25N3O2/c1-2-21-16(7-9-20-10-8-16)15-18-13(11-14(17)19-15)12-5-3-4-6-12/h11-12H,2-10H2,1H3,(H2,17,18,19). The van der Waals surface area contributed by atoms with Gasteiger partial charge in [0.25, 0.3) is 0 Å². The molecule has 2 N–H and O–H groups in total. The Morgan fingerprint density at radius 3 is 2.67 bits per heavy atom. The number of hydrogen-bond acceptors (Lipinski definition) is 5. The van der Waals surface area contributed by atoms with Crippen LogP contribution in [0.2, 0.25) is 0 Å². The molecule has 0 atom stereocenters. The molecule has 1 aromatic rings. The van der Waals surface area contributed by atoms with Gasteiger partial charge < -0.3 is 15.2 Å². The molecule has 1 aliphatic carbocycles. The molecule has 3 rings (SSSR count). The van der Waals surface area contributed by atoms with E-state index in [1.54, 1.807) is 0 Å². The summed E-state index contributed by atoms with van der Waals surface area (Å²) in [6.07, 6.45) is 6.59. The molecule has 2 fully saturated rings. The van der Waals surface area contributed by atoms with Gasteiger partial charge in [0.1, 0.15) is 11.4 Å². The molecule has 21 heavy (non-hydrogen) atoms. The Kier molecular flexibility index (Phi) is 4.40. The van der Waals surface area contributed by atoms with E-state index in [4.69, 9.17) is 20.2 Å². The number of ether oxygens (including phenoxy) is 2. The number of nitrogen functional groups attached to an aromatic ring is 1. The first-order valence-electron chi connectivity index (χ1n) is 8.10. The van der Waals surface area contributed by atoms with Crippen molar-refractivity contribution in [2.75, 3.05) is 25.6 Å². The second-order valence-corrected chi connectivity index (χ2v) is 6.06. The van der Waals surface area contributed by atoms with Crippen molar-refractivity contribution in [2.24, 2.45) is 0 Å². The van der Waals surface area contributed by atoms with Crippen LogP contribution in [0.1, 0.15) is 62.9 Å². The van der Waals surface area contributed by atoms with E-state index in [-0.39, 0.29) is 0 Å². The molecule has 1 saturated heterocycles. The Bertz CT molecular complexity index is 475. The third-order valence-electron chi connectivity index (χ3n) is 4.67. The van der Waals surface area contributed by atoms with Crippen molar-refractivity contribution in [2.45, 2.75) is 57.0 Å². The number of aromatic nitrogens is 2. The zero-order valence-corrected chi connectivity index (χ0v) is 12.8. The lowest BCUT2D eigenvalue weighted by molar-refractivity contribution is -0.117. The largest absolute Gasteiger partial charge is 0.384 e. The molecule has 5 heteroatoms. The van der Waals surface area contributed by atoms with Crippen molar-refractivity contribution in [3.63, 3.8) is 0 Å². The van der Waals surface area contributed by atoms with Crippen molar-refractivity contribution in [1.82, 2.24) is 9.97 Å². The molecule has 0 amide bonds. The summed E-state index contributed by atoms with van der Waals surface area (Å²) < 4.78 is 11.6. The molecular formula is C16H25N3O2. The van der Waals surface area contributed by atoms with Crippen LogP contribution in [0.25, 0.3) is 0 Å². The minimum Gasteiger partial charge on any atom is -0.384 e. The molecule has 0 radical (unpaired) electrons. The summed E-state index contributed by atoms with van der Waals surface area (Å²) in [7, 11) is 0. The Morgan fingerprint density at radius 1 is 1.29 bits per heavy atom. The average molecular weight is 291 g/mol. The van der Waals surface area contributed by atoms with Gasteiger partial charge in [-0.05, 0) is 19.8 Å². The fourth-order valence-corrected chi connectivity index (χ4v) is 3.53. The smallest absolute Gasteiger partial charge is 0.163 e. The van der Waals surface area contributed by atoms with Crippen molar-refractivity contribution < 1.29 is 9.47 Å². The molecule has 1 saturated carbocycles. The molecule has 2 aliphatic rings. The van der Waals surface area contributed by atoms with Crippen molar-refractivity contribution in [3.05, 3.63) is 17.6 Å². The Labute approximate surface area is 126 Å².